The lowest BCUT2D eigenvalue weighted by molar-refractivity contribution is -0.136. The summed E-state index contributed by atoms with van der Waals surface area (Å²) in [6.07, 6.45) is 2.57. The number of nitrogens with two attached hydrogens (primary N) is 1. The zero-order valence-corrected chi connectivity index (χ0v) is 10.7. The number of esters is 1. The molecule has 5 heteroatoms. The van der Waals surface area contributed by atoms with E-state index in [0.717, 1.165) is 0 Å². The minimum atomic E-state index is -0.711. The maximum absolute atomic E-state index is 10.2. The Kier molecular flexibility index (Phi) is 19.7. The van der Waals surface area contributed by atoms with Crippen LogP contribution in [0.5, 0.6) is 0 Å². The highest BCUT2D eigenvalue weighted by Crippen LogP contribution is 1.87. The molecule has 0 spiro atoms. The molecule has 0 radical (unpaired) electrons. The summed E-state index contributed by atoms with van der Waals surface area (Å²) in [6.45, 7) is 13.7. The second kappa shape index (κ2) is 16.4. The zero-order valence-electron chi connectivity index (χ0n) is 10.7. The number of carbonyl (C=O) groups excluding carboxylic acids is 2. The van der Waals surface area contributed by atoms with Crippen molar-refractivity contribution in [1.29, 1.82) is 0 Å². The lowest BCUT2D eigenvalue weighted by Gasteiger charge is -1.91. The predicted octanol–water partition coefficient (Wildman–Crippen LogP) is 2.20. The van der Waals surface area contributed by atoms with E-state index in [9.17, 15) is 9.59 Å². The molecule has 0 heterocycles. The van der Waals surface area contributed by atoms with E-state index in [0.29, 0.717) is 12.2 Å². The van der Waals surface area contributed by atoms with E-state index < -0.39 is 6.09 Å². The molecule has 2 N–H and O–H groups in total. The minimum absolute atomic E-state index is 0.347. The number of carbonyl (C=O) groups is 2. The molecule has 0 aliphatic heterocycles. The van der Waals surface area contributed by atoms with E-state index in [1.165, 1.54) is 7.11 Å². The molecule has 0 aromatic heterocycles. The highest BCUT2D eigenvalue weighted by atomic mass is 16.5. The van der Waals surface area contributed by atoms with E-state index in [4.69, 9.17) is 0 Å². The van der Waals surface area contributed by atoms with Crippen LogP contribution in [0.1, 0.15) is 13.8 Å². The first kappa shape index (κ1) is 20.4. The van der Waals surface area contributed by atoms with Crippen molar-refractivity contribution >= 4 is 12.1 Å². The quantitative estimate of drug-likeness (QED) is 0.468. The smallest absolute Gasteiger partial charge is 0.404 e. The van der Waals surface area contributed by atoms with Crippen molar-refractivity contribution in [2.45, 2.75) is 13.8 Å². The topological polar surface area (TPSA) is 78.6 Å². The first-order chi connectivity index (χ1) is 7.87. The lowest BCUT2D eigenvalue weighted by atomic mass is 10.4. The molecule has 0 saturated carbocycles. The van der Waals surface area contributed by atoms with E-state index in [1.807, 2.05) is 0 Å². The Bertz CT molecular complexity index is 253. The van der Waals surface area contributed by atoms with Crippen LogP contribution in [0.25, 0.3) is 0 Å². The normalized spacial score (nSPS) is 7.00. The maximum Gasteiger partial charge on any atom is 0.404 e. The predicted molar refractivity (Wildman–Crippen MR) is 68.4 cm³/mol. The molecule has 0 bridgehead atoms. The Hall–Kier alpha value is -2.04. The van der Waals surface area contributed by atoms with Crippen molar-refractivity contribution < 1.29 is 19.1 Å². The molecule has 0 atom stereocenters. The van der Waals surface area contributed by atoms with Gasteiger partial charge in [0.15, 0.2) is 0 Å². The van der Waals surface area contributed by atoms with Gasteiger partial charge in [-0.05, 0) is 13.8 Å². The molecule has 0 fully saturated rings. The Morgan fingerprint density at radius 2 is 1.71 bits per heavy atom. The fourth-order valence-corrected chi connectivity index (χ4v) is 0.316. The zero-order chi connectivity index (χ0) is 14.3. The molecule has 0 aromatic rings. The minimum Gasteiger partial charge on any atom is -0.466 e. The van der Waals surface area contributed by atoms with Gasteiger partial charge in [0.25, 0.3) is 0 Å². The summed E-state index contributed by atoms with van der Waals surface area (Å²) in [5.74, 6) is -0.347. The summed E-state index contributed by atoms with van der Waals surface area (Å²) in [5.41, 5.74) is 4.97. The van der Waals surface area contributed by atoms with Crippen molar-refractivity contribution in [1.82, 2.24) is 0 Å². The second-order valence-electron chi connectivity index (χ2n) is 2.50. The van der Waals surface area contributed by atoms with Gasteiger partial charge >= 0.3 is 12.1 Å². The molecule has 0 aliphatic rings. The van der Waals surface area contributed by atoms with Gasteiger partial charge in [-0.25, -0.2) is 9.59 Å². The second-order valence-corrected chi connectivity index (χ2v) is 2.50. The first-order valence-corrected chi connectivity index (χ1v) is 4.76. The standard InChI is InChI=1S/C5H8O2.C4H6.C3H7NO2/c1-4(2)5(6)7-3;1-3-4-2;1-2-6-3(4)5/h1H2,2-3H3;3-4H,1-2H2;2H2,1H3,(H2,4,5). The van der Waals surface area contributed by atoms with Gasteiger partial charge in [-0.2, -0.15) is 0 Å². The molecule has 0 saturated heterocycles. The third-order valence-electron chi connectivity index (χ3n) is 0.987. The van der Waals surface area contributed by atoms with Crippen LogP contribution in [0.2, 0.25) is 0 Å². The molecule has 0 aromatic carbocycles. The van der Waals surface area contributed by atoms with Crippen molar-refractivity contribution in [3.63, 3.8) is 0 Å². The van der Waals surface area contributed by atoms with Crippen LogP contribution in [0.4, 0.5) is 4.79 Å². The number of hydrogen-bond acceptors (Lipinski definition) is 4. The van der Waals surface area contributed by atoms with Gasteiger partial charge in [0, 0.05) is 5.57 Å². The van der Waals surface area contributed by atoms with Crippen LogP contribution in [0.3, 0.4) is 0 Å². The van der Waals surface area contributed by atoms with Crippen LogP contribution in [0, 0.1) is 0 Å². The molecule has 0 unspecified atom stereocenters. The number of methoxy groups -OCH3 is 1. The SMILES string of the molecule is C=C(C)C(=O)OC.C=CC=C.CCOC(N)=O. The van der Waals surface area contributed by atoms with Crippen LogP contribution in [-0.4, -0.2) is 25.8 Å². The highest BCUT2D eigenvalue weighted by molar-refractivity contribution is 5.86. The summed E-state index contributed by atoms with van der Waals surface area (Å²) in [4.78, 5) is 19.8. The molecule has 0 aliphatic carbocycles. The van der Waals surface area contributed by atoms with Gasteiger partial charge in [0.2, 0.25) is 0 Å². The van der Waals surface area contributed by atoms with Crippen LogP contribution >= 0.6 is 0 Å². The molecule has 0 rings (SSSR count). The Morgan fingerprint density at radius 3 is 1.71 bits per heavy atom. The average Bonchev–Trinajstić information content (AvgIpc) is 2.28. The van der Waals surface area contributed by atoms with Gasteiger partial charge in [-0.15, -0.1) is 0 Å². The average molecular weight is 243 g/mol. The summed E-state index contributed by atoms with van der Waals surface area (Å²) in [7, 11) is 1.33. The van der Waals surface area contributed by atoms with E-state index in [2.05, 4.69) is 34.9 Å². The monoisotopic (exact) mass is 243 g/mol. The van der Waals surface area contributed by atoms with E-state index >= 15 is 0 Å². The summed E-state index contributed by atoms with van der Waals surface area (Å²) >= 11 is 0. The third-order valence-corrected chi connectivity index (χ3v) is 0.987. The van der Waals surface area contributed by atoms with Crippen LogP contribution < -0.4 is 5.73 Å². The van der Waals surface area contributed by atoms with Crippen LogP contribution in [0.15, 0.2) is 37.5 Å². The highest BCUT2D eigenvalue weighted by Gasteiger charge is 1.95. The van der Waals surface area contributed by atoms with E-state index in [-0.39, 0.29) is 5.97 Å². The van der Waals surface area contributed by atoms with Crippen molar-refractivity contribution in [3.8, 4) is 0 Å². The summed E-state index contributed by atoms with van der Waals surface area (Å²) in [5, 5.41) is 0. The number of rotatable bonds is 3. The van der Waals surface area contributed by atoms with E-state index in [1.54, 1.807) is 26.0 Å². The molecular formula is C12H21NO4. The number of hydrogen-bond donors (Lipinski definition) is 1. The van der Waals surface area contributed by atoms with Gasteiger partial charge in [-0.1, -0.05) is 31.9 Å². The Balaban J connectivity index is -0.000000180. The lowest BCUT2D eigenvalue weighted by Crippen LogP contribution is -2.11. The maximum atomic E-state index is 10.2. The first-order valence-electron chi connectivity index (χ1n) is 4.76. The van der Waals surface area contributed by atoms with Gasteiger partial charge < -0.3 is 15.2 Å². The Labute approximate surface area is 103 Å². The van der Waals surface area contributed by atoms with Crippen LogP contribution in [-0.2, 0) is 14.3 Å². The number of ether oxygens (including phenoxy) is 2. The Morgan fingerprint density at radius 1 is 1.29 bits per heavy atom. The van der Waals surface area contributed by atoms with Gasteiger partial charge in [0.05, 0.1) is 13.7 Å². The van der Waals surface area contributed by atoms with Gasteiger partial charge in [0.1, 0.15) is 0 Å². The number of amides is 1. The van der Waals surface area contributed by atoms with Crippen molar-refractivity contribution in [2.75, 3.05) is 13.7 Å². The summed E-state index contributed by atoms with van der Waals surface area (Å²) < 4.78 is 8.45. The molecule has 17 heavy (non-hydrogen) atoms. The van der Waals surface area contributed by atoms with Crippen molar-refractivity contribution in [3.05, 3.63) is 37.5 Å². The molecule has 98 valence electrons. The largest absolute Gasteiger partial charge is 0.466 e. The fourth-order valence-electron chi connectivity index (χ4n) is 0.316. The molecule has 5 nitrogen and oxygen atoms in total. The third kappa shape index (κ3) is 31.5. The van der Waals surface area contributed by atoms with Gasteiger partial charge in [-0.3, -0.25) is 0 Å². The molecule has 1 amide bonds. The number of allylic oxidation sites excluding steroid dienone is 2. The van der Waals surface area contributed by atoms with Crippen molar-refractivity contribution in [2.24, 2.45) is 5.73 Å². The summed E-state index contributed by atoms with van der Waals surface area (Å²) in [6, 6.07) is 0. The fraction of sp³-hybridized carbons (Fsp3) is 0.333. The molecular weight excluding hydrogens is 222 g/mol. The number of primary amides is 1.